The van der Waals surface area contributed by atoms with Crippen LogP contribution in [0.1, 0.15) is 35.7 Å². The van der Waals surface area contributed by atoms with Gasteiger partial charge in [0.1, 0.15) is 17.2 Å². The average Bonchev–Trinajstić information content (AvgIpc) is 3.23. The lowest BCUT2D eigenvalue weighted by atomic mass is 9.87. The second-order valence-corrected chi connectivity index (χ2v) is 7.92. The SMILES string of the molecule is COc1ccc(C(=O)N2CC(C(=O)NC(C)C)C(c3cc(OC)ccc3OC)C2)cc1. The van der Waals surface area contributed by atoms with Crippen molar-refractivity contribution < 1.29 is 23.8 Å². The highest BCUT2D eigenvalue weighted by atomic mass is 16.5. The third-order valence-corrected chi connectivity index (χ3v) is 5.55. The highest BCUT2D eigenvalue weighted by molar-refractivity contribution is 5.95. The highest BCUT2D eigenvalue weighted by Crippen LogP contribution is 2.40. The first-order valence-corrected chi connectivity index (χ1v) is 10.3. The van der Waals surface area contributed by atoms with Gasteiger partial charge in [0.25, 0.3) is 5.91 Å². The highest BCUT2D eigenvalue weighted by Gasteiger charge is 2.42. The number of likely N-dealkylation sites (tertiary alicyclic amines) is 1. The van der Waals surface area contributed by atoms with Gasteiger partial charge in [0.2, 0.25) is 5.91 Å². The Hall–Kier alpha value is -3.22. The Morgan fingerprint density at radius 2 is 1.58 bits per heavy atom. The Morgan fingerprint density at radius 3 is 2.16 bits per heavy atom. The molecular weight excluding hydrogens is 396 g/mol. The molecule has 7 nitrogen and oxygen atoms in total. The summed E-state index contributed by atoms with van der Waals surface area (Å²) in [6, 6.07) is 12.5. The van der Waals surface area contributed by atoms with Crippen LogP contribution in [-0.4, -0.2) is 57.2 Å². The fourth-order valence-electron chi connectivity index (χ4n) is 3.99. The molecule has 0 aromatic heterocycles. The smallest absolute Gasteiger partial charge is 0.253 e. The van der Waals surface area contributed by atoms with E-state index in [0.717, 1.165) is 5.56 Å². The number of hydrogen-bond acceptors (Lipinski definition) is 5. The molecule has 0 saturated carbocycles. The van der Waals surface area contributed by atoms with Crippen LogP contribution in [0, 0.1) is 5.92 Å². The molecule has 166 valence electrons. The zero-order valence-corrected chi connectivity index (χ0v) is 18.7. The first kappa shape index (κ1) is 22.5. The number of amides is 2. The van der Waals surface area contributed by atoms with E-state index >= 15 is 0 Å². The standard InChI is InChI=1S/C24H30N2O5/c1-15(2)25-23(27)21-14-26(24(28)16-6-8-17(29-3)9-7-16)13-20(21)19-12-18(30-4)10-11-22(19)31-5/h6-12,15,20-21H,13-14H2,1-5H3,(H,25,27). The van der Waals surface area contributed by atoms with Crippen molar-refractivity contribution >= 4 is 11.8 Å². The van der Waals surface area contributed by atoms with E-state index in [1.807, 2.05) is 32.0 Å². The van der Waals surface area contributed by atoms with Gasteiger partial charge < -0.3 is 24.4 Å². The van der Waals surface area contributed by atoms with Gasteiger partial charge in [0.05, 0.1) is 27.2 Å². The molecule has 0 spiro atoms. The molecule has 1 aliphatic heterocycles. The summed E-state index contributed by atoms with van der Waals surface area (Å²) >= 11 is 0. The van der Waals surface area contributed by atoms with Crippen LogP contribution in [0.15, 0.2) is 42.5 Å². The molecule has 31 heavy (non-hydrogen) atoms. The Kier molecular flexibility index (Phi) is 7.05. The number of carbonyl (C=O) groups is 2. The van der Waals surface area contributed by atoms with Crippen molar-refractivity contribution in [2.24, 2.45) is 5.92 Å². The minimum absolute atomic E-state index is 0.00620. The number of carbonyl (C=O) groups excluding carboxylic acids is 2. The molecule has 2 aromatic rings. The van der Waals surface area contributed by atoms with E-state index in [-0.39, 0.29) is 23.8 Å². The van der Waals surface area contributed by atoms with E-state index in [4.69, 9.17) is 14.2 Å². The van der Waals surface area contributed by atoms with Crippen molar-refractivity contribution in [3.05, 3.63) is 53.6 Å². The van der Waals surface area contributed by atoms with Crippen LogP contribution in [0.25, 0.3) is 0 Å². The Morgan fingerprint density at radius 1 is 0.935 bits per heavy atom. The molecule has 7 heteroatoms. The lowest BCUT2D eigenvalue weighted by Gasteiger charge is -2.22. The number of benzene rings is 2. The zero-order chi connectivity index (χ0) is 22.5. The molecule has 2 amide bonds. The van der Waals surface area contributed by atoms with E-state index in [9.17, 15) is 9.59 Å². The van der Waals surface area contributed by atoms with E-state index < -0.39 is 5.92 Å². The van der Waals surface area contributed by atoms with Crippen molar-refractivity contribution in [3.8, 4) is 17.2 Å². The lowest BCUT2D eigenvalue weighted by molar-refractivity contribution is -0.125. The monoisotopic (exact) mass is 426 g/mol. The third-order valence-electron chi connectivity index (χ3n) is 5.55. The van der Waals surface area contributed by atoms with Gasteiger partial charge >= 0.3 is 0 Å². The summed E-state index contributed by atoms with van der Waals surface area (Å²) in [7, 11) is 4.79. The Labute approximate surface area is 183 Å². The van der Waals surface area contributed by atoms with Gasteiger partial charge in [0.15, 0.2) is 0 Å². The van der Waals surface area contributed by atoms with E-state index in [1.54, 1.807) is 50.5 Å². The lowest BCUT2D eigenvalue weighted by Crippen LogP contribution is -2.39. The predicted molar refractivity (Wildman–Crippen MR) is 118 cm³/mol. The van der Waals surface area contributed by atoms with Crippen molar-refractivity contribution in [1.29, 1.82) is 0 Å². The van der Waals surface area contributed by atoms with E-state index in [1.165, 1.54) is 0 Å². The summed E-state index contributed by atoms with van der Waals surface area (Å²) in [5, 5.41) is 3.00. The number of ether oxygens (including phenoxy) is 3. The minimum atomic E-state index is -0.398. The number of hydrogen-bond donors (Lipinski definition) is 1. The molecule has 1 aliphatic rings. The maximum absolute atomic E-state index is 13.2. The summed E-state index contributed by atoms with van der Waals surface area (Å²) in [6.07, 6.45) is 0. The third kappa shape index (κ3) is 4.93. The summed E-state index contributed by atoms with van der Waals surface area (Å²) < 4.78 is 16.1. The zero-order valence-electron chi connectivity index (χ0n) is 18.7. The molecule has 2 aromatic carbocycles. The van der Waals surface area contributed by atoms with Crippen LogP contribution in [0.5, 0.6) is 17.2 Å². The number of rotatable bonds is 7. The Balaban J connectivity index is 1.94. The maximum atomic E-state index is 13.2. The van der Waals surface area contributed by atoms with Crippen LogP contribution in [-0.2, 0) is 4.79 Å². The van der Waals surface area contributed by atoms with Crippen molar-refractivity contribution in [2.45, 2.75) is 25.8 Å². The van der Waals surface area contributed by atoms with Crippen LogP contribution in [0.3, 0.4) is 0 Å². The van der Waals surface area contributed by atoms with E-state index in [0.29, 0.717) is 35.9 Å². The van der Waals surface area contributed by atoms with Crippen molar-refractivity contribution in [1.82, 2.24) is 10.2 Å². The average molecular weight is 427 g/mol. The first-order chi connectivity index (χ1) is 14.9. The van der Waals surface area contributed by atoms with Gasteiger partial charge in [-0.25, -0.2) is 0 Å². The van der Waals surface area contributed by atoms with Crippen molar-refractivity contribution in [3.63, 3.8) is 0 Å². The van der Waals surface area contributed by atoms with Gasteiger partial charge in [-0.15, -0.1) is 0 Å². The van der Waals surface area contributed by atoms with Crippen molar-refractivity contribution in [2.75, 3.05) is 34.4 Å². The molecule has 0 aliphatic carbocycles. The normalized spacial score (nSPS) is 18.1. The molecule has 1 heterocycles. The van der Waals surface area contributed by atoms with Gasteiger partial charge in [0, 0.05) is 36.2 Å². The number of nitrogens with one attached hydrogen (secondary N) is 1. The summed E-state index contributed by atoms with van der Waals surface area (Å²) in [5.74, 6) is 1.23. The van der Waals surface area contributed by atoms with Crippen LogP contribution < -0.4 is 19.5 Å². The van der Waals surface area contributed by atoms with Gasteiger partial charge in [-0.05, 0) is 56.3 Å². The quantitative estimate of drug-likeness (QED) is 0.736. The van der Waals surface area contributed by atoms with Crippen LogP contribution >= 0.6 is 0 Å². The summed E-state index contributed by atoms with van der Waals surface area (Å²) in [6.45, 7) is 4.58. The molecule has 0 bridgehead atoms. The molecule has 2 unspecified atom stereocenters. The number of methoxy groups -OCH3 is 3. The molecule has 3 rings (SSSR count). The molecule has 1 fully saturated rings. The summed E-state index contributed by atoms with van der Waals surface area (Å²) in [5.41, 5.74) is 1.41. The van der Waals surface area contributed by atoms with Gasteiger partial charge in [-0.1, -0.05) is 0 Å². The maximum Gasteiger partial charge on any atom is 0.253 e. The predicted octanol–water partition coefficient (Wildman–Crippen LogP) is 3.09. The van der Waals surface area contributed by atoms with Crippen LogP contribution in [0.2, 0.25) is 0 Å². The molecule has 1 N–H and O–H groups in total. The Bertz CT molecular complexity index is 926. The topological polar surface area (TPSA) is 77.1 Å². The molecule has 1 saturated heterocycles. The molecule has 0 radical (unpaired) electrons. The van der Waals surface area contributed by atoms with Gasteiger partial charge in [-0.2, -0.15) is 0 Å². The molecule has 2 atom stereocenters. The van der Waals surface area contributed by atoms with Crippen LogP contribution in [0.4, 0.5) is 0 Å². The largest absolute Gasteiger partial charge is 0.497 e. The fraction of sp³-hybridized carbons (Fsp3) is 0.417. The van der Waals surface area contributed by atoms with Gasteiger partial charge in [-0.3, -0.25) is 9.59 Å². The second-order valence-electron chi connectivity index (χ2n) is 7.92. The minimum Gasteiger partial charge on any atom is -0.497 e. The van der Waals surface area contributed by atoms with E-state index in [2.05, 4.69) is 5.32 Å². The molecular formula is C24H30N2O5. The summed E-state index contributed by atoms with van der Waals surface area (Å²) in [4.78, 5) is 28.0. The first-order valence-electron chi connectivity index (χ1n) is 10.3. The second kappa shape index (κ2) is 9.73. The fourth-order valence-corrected chi connectivity index (χ4v) is 3.99. The number of nitrogens with zero attached hydrogens (tertiary/aromatic N) is 1.